The molecule has 0 heterocycles. The minimum atomic E-state index is -1.35. The molecule has 0 aromatic heterocycles. The number of benzene rings is 1. The van der Waals surface area contributed by atoms with E-state index in [9.17, 15) is 9.59 Å². The maximum atomic E-state index is 11.9. The number of hydrogen-bond acceptors (Lipinski definition) is 4. The number of ketones is 1. The number of nitriles is 1. The number of nitrogens with zero attached hydrogens (tertiary/aromatic N) is 1. The van der Waals surface area contributed by atoms with Gasteiger partial charge >= 0.3 is 0 Å². The molecule has 0 saturated heterocycles. The summed E-state index contributed by atoms with van der Waals surface area (Å²) < 4.78 is 6.24. The summed E-state index contributed by atoms with van der Waals surface area (Å²) in [4.78, 5) is 23.3. The zero-order valence-corrected chi connectivity index (χ0v) is 12.1. The first kappa shape index (κ1) is 15.2. The molecule has 0 spiro atoms. The van der Waals surface area contributed by atoms with Crippen molar-refractivity contribution in [1.82, 2.24) is 5.32 Å². The van der Waals surface area contributed by atoms with Crippen molar-refractivity contribution >= 4 is 27.6 Å². The highest BCUT2D eigenvalue weighted by molar-refractivity contribution is 9.10. The first-order valence-corrected chi connectivity index (χ1v) is 6.36. The number of amides is 1. The Kier molecular flexibility index (Phi) is 5.52. The highest BCUT2D eigenvalue weighted by atomic mass is 79.9. The van der Waals surface area contributed by atoms with E-state index < -0.39 is 23.7 Å². The number of carbonyl (C=O) groups is 2. The van der Waals surface area contributed by atoms with Crippen LogP contribution in [0.1, 0.15) is 6.92 Å². The average Bonchev–Trinajstić information content (AvgIpc) is 2.39. The molecule has 1 aromatic carbocycles. The van der Waals surface area contributed by atoms with E-state index in [1.807, 2.05) is 6.07 Å². The fourth-order valence-corrected chi connectivity index (χ4v) is 1.81. The second-order valence-corrected chi connectivity index (χ2v) is 4.71. The third kappa shape index (κ3) is 4.07. The smallest absolute Gasteiger partial charge is 0.244 e. The van der Waals surface area contributed by atoms with Gasteiger partial charge in [0.05, 0.1) is 6.07 Å². The van der Waals surface area contributed by atoms with Gasteiger partial charge in [0.15, 0.2) is 17.8 Å². The quantitative estimate of drug-likeness (QED) is 0.835. The highest BCUT2D eigenvalue weighted by Gasteiger charge is 2.30. The summed E-state index contributed by atoms with van der Waals surface area (Å²) >= 11 is 3.28. The van der Waals surface area contributed by atoms with E-state index in [0.29, 0.717) is 5.75 Å². The van der Waals surface area contributed by atoms with Crippen LogP contribution in [0.5, 0.6) is 5.75 Å². The molecule has 19 heavy (non-hydrogen) atoms. The first-order chi connectivity index (χ1) is 8.99. The van der Waals surface area contributed by atoms with Gasteiger partial charge in [0.25, 0.3) is 0 Å². The zero-order valence-electron chi connectivity index (χ0n) is 10.5. The molecule has 2 atom stereocenters. The fourth-order valence-electron chi connectivity index (χ4n) is 1.43. The van der Waals surface area contributed by atoms with Gasteiger partial charge in [0.2, 0.25) is 5.91 Å². The number of nitrogens with one attached hydrogen (secondary N) is 1. The molecule has 0 aliphatic heterocycles. The van der Waals surface area contributed by atoms with Gasteiger partial charge in [-0.05, 0) is 25.1 Å². The van der Waals surface area contributed by atoms with Crippen molar-refractivity contribution < 1.29 is 14.3 Å². The van der Waals surface area contributed by atoms with Gasteiger partial charge in [-0.2, -0.15) is 5.26 Å². The van der Waals surface area contributed by atoms with Crippen molar-refractivity contribution in [2.24, 2.45) is 5.92 Å². The third-order valence-corrected chi connectivity index (χ3v) is 2.93. The largest absolute Gasteiger partial charge is 0.483 e. The maximum absolute atomic E-state index is 11.9. The van der Waals surface area contributed by atoms with Gasteiger partial charge < -0.3 is 10.1 Å². The molecule has 0 aliphatic carbocycles. The second-order valence-electron chi connectivity index (χ2n) is 3.80. The van der Waals surface area contributed by atoms with Crippen molar-refractivity contribution in [3.05, 3.63) is 28.7 Å². The Morgan fingerprint density at radius 1 is 1.47 bits per heavy atom. The van der Waals surface area contributed by atoms with Gasteiger partial charge in [0.1, 0.15) is 5.75 Å². The number of hydrogen-bond donors (Lipinski definition) is 1. The van der Waals surface area contributed by atoms with Crippen LogP contribution in [0.4, 0.5) is 0 Å². The fraction of sp³-hybridized carbons (Fsp3) is 0.308. The minimum Gasteiger partial charge on any atom is -0.483 e. The van der Waals surface area contributed by atoms with Crippen molar-refractivity contribution in [2.45, 2.75) is 13.0 Å². The lowest BCUT2D eigenvalue weighted by molar-refractivity contribution is -0.135. The number of carbonyl (C=O) groups excluding carboxylic acids is 2. The Bertz CT molecular complexity index is 525. The van der Waals surface area contributed by atoms with Gasteiger partial charge in [-0.1, -0.05) is 22.0 Å². The van der Waals surface area contributed by atoms with Crippen LogP contribution in [0.25, 0.3) is 0 Å². The Morgan fingerprint density at radius 3 is 2.68 bits per heavy atom. The van der Waals surface area contributed by atoms with Crippen molar-refractivity contribution in [3.63, 3.8) is 0 Å². The molecule has 1 rings (SSSR count). The Morgan fingerprint density at radius 2 is 2.16 bits per heavy atom. The number of halogens is 1. The van der Waals surface area contributed by atoms with E-state index in [2.05, 4.69) is 21.2 Å². The number of Topliss-reactive ketones (excluding diaryl/α,β-unsaturated/α-hetero) is 1. The summed E-state index contributed by atoms with van der Waals surface area (Å²) in [5.74, 6) is -2.06. The average molecular weight is 325 g/mol. The van der Waals surface area contributed by atoms with Gasteiger partial charge in [-0.25, -0.2) is 0 Å². The van der Waals surface area contributed by atoms with Gasteiger partial charge in [-0.15, -0.1) is 0 Å². The van der Waals surface area contributed by atoms with E-state index >= 15 is 0 Å². The minimum absolute atomic E-state index is 0.490. The molecular formula is C13H13BrN2O3. The lowest BCUT2D eigenvalue weighted by Gasteiger charge is -2.16. The van der Waals surface area contributed by atoms with E-state index in [1.165, 1.54) is 14.0 Å². The normalized spacial score (nSPS) is 12.9. The Balaban J connectivity index is 2.77. The summed E-state index contributed by atoms with van der Waals surface area (Å²) in [5, 5.41) is 11.1. The molecule has 6 heteroatoms. The topological polar surface area (TPSA) is 79.2 Å². The van der Waals surface area contributed by atoms with E-state index in [-0.39, 0.29) is 0 Å². The first-order valence-electron chi connectivity index (χ1n) is 5.56. The zero-order chi connectivity index (χ0) is 14.4. The lowest BCUT2D eigenvalue weighted by Crippen LogP contribution is -2.38. The summed E-state index contributed by atoms with van der Waals surface area (Å²) in [6.07, 6.45) is -0.878. The molecule has 0 fully saturated rings. The van der Waals surface area contributed by atoms with Crippen LogP contribution >= 0.6 is 15.9 Å². The maximum Gasteiger partial charge on any atom is 0.244 e. The van der Waals surface area contributed by atoms with Crippen molar-refractivity contribution in [1.29, 1.82) is 5.26 Å². The van der Waals surface area contributed by atoms with Crippen LogP contribution in [0.15, 0.2) is 28.7 Å². The third-order valence-electron chi connectivity index (χ3n) is 2.43. The molecule has 100 valence electrons. The number of rotatable bonds is 5. The van der Waals surface area contributed by atoms with Gasteiger partial charge in [-0.3, -0.25) is 9.59 Å². The predicted octanol–water partition coefficient (Wildman–Crippen LogP) is 1.67. The summed E-state index contributed by atoms with van der Waals surface area (Å²) in [6, 6.07) is 8.65. The van der Waals surface area contributed by atoms with Crippen LogP contribution in [0.2, 0.25) is 0 Å². The van der Waals surface area contributed by atoms with Gasteiger partial charge in [0, 0.05) is 11.5 Å². The highest BCUT2D eigenvalue weighted by Crippen LogP contribution is 2.19. The standard InChI is InChI=1S/C13H13BrN2O3/c1-8(12(17)11(7-15)13(18)16-2)19-10-5-3-4-9(14)6-10/h3-6,8,11H,1-2H3,(H,16,18)/t8-,11+/m1/s1. The molecule has 0 aliphatic rings. The lowest BCUT2D eigenvalue weighted by atomic mass is 10.0. The summed E-state index contributed by atoms with van der Waals surface area (Å²) in [5.41, 5.74) is 0. The second kappa shape index (κ2) is 6.90. The van der Waals surface area contributed by atoms with E-state index in [0.717, 1.165) is 4.47 Å². The summed E-state index contributed by atoms with van der Waals surface area (Å²) in [6.45, 7) is 1.51. The van der Waals surface area contributed by atoms with E-state index in [4.69, 9.17) is 10.00 Å². The van der Waals surface area contributed by atoms with Crippen LogP contribution in [-0.2, 0) is 9.59 Å². The Labute approximate surface area is 119 Å². The summed E-state index contributed by atoms with van der Waals surface area (Å²) in [7, 11) is 1.37. The van der Waals surface area contributed by atoms with Crippen LogP contribution in [0.3, 0.4) is 0 Å². The molecule has 0 unspecified atom stereocenters. The van der Waals surface area contributed by atoms with Crippen LogP contribution in [-0.4, -0.2) is 24.8 Å². The van der Waals surface area contributed by atoms with Crippen LogP contribution < -0.4 is 10.1 Å². The van der Waals surface area contributed by atoms with Crippen molar-refractivity contribution in [3.8, 4) is 11.8 Å². The SMILES string of the molecule is CNC(=O)[C@@H](C#N)C(=O)[C@@H](C)Oc1cccc(Br)c1. The molecule has 0 saturated carbocycles. The molecule has 0 radical (unpaired) electrons. The molecule has 1 aromatic rings. The molecule has 1 amide bonds. The van der Waals surface area contributed by atoms with E-state index in [1.54, 1.807) is 24.3 Å². The van der Waals surface area contributed by atoms with Crippen molar-refractivity contribution in [2.75, 3.05) is 7.05 Å². The molecule has 1 N–H and O–H groups in total. The molecule has 0 bridgehead atoms. The predicted molar refractivity (Wildman–Crippen MR) is 72.4 cm³/mol. The molecular weight excluding hydrogens is 312 g/mol. The van der Waals surface area contributed by atoms with Crippen LogP contribution in [0, 0.1) is 17.2 Å². The number of ether oxygens (including phenoxy) is 1. The Hall–Kier alpha value is -1.87. The monoisotopic (exact) mass is 324 g/mol. The molecule has 5 nitrogen and oxygen atoms in total.